The van der Waals surface area contributed by atoms with Gasteiger partial charge in [-0.1, -0.05) is 6.08 Å². The van der Waals surface area contributed by atoms with Crippen molar-refractivity contribution in [1.29, 1.82) is 0 Å². The van der Waals surface area contributed by atoms with Crippen molar-refractivity contribution in [2.45, 2.75) is 6.92 Å². The maximum Gasteiger partial charge on any atom is 0.240 e. The Bertz CT molecular complexity index is 503. The summed E-state index contributed by atoms with van der Waals surface area (Å²) in [7, 11) is 0. The van der Waals surface area contributed by atoms with Crippen LogP contribution in [-0.4, -0.2) is 24.9 Å². The van der Waals surface area contributed by atoms with Crippen LogP contribution < -0.4 is 10.2 Å². The fourth-order valence-corrected chi connectivity index (χ4v) is 1.45. The fraction of sp³-hybridized carbons (Fsp3) is 0.231. The van der Waals surface area contributed by atoms with Gasteiger partial charge in [-0.2, -0.15) is 0 Å². The van der Waals surface area contributed by atoms with Crippen LogP contribution in [0.25, 0.3) is 0 Å². The van der Waals surface area contributed by atoms with E-state index in [2.05, 4.69) is 11.9 Å². The summed E-state index contributed by atoms with van der Waals surface area (Å²) in [5.74, 6) is -2.62. The third-order valence-electron chi connectivity index (χ3n) is 2.33. The molecule has 0 atom stereocenters. The van der Waals surface area contributed by atoms with Crippen molar-refractivity contribution in [2.75, 3.05) is 18.0 Å². The van der Waals surface area contributed by atoms with Gasteiger partial charge in [0.2, 0.25) is 11.8 Å². The number of carbonyl (C=O) groups excluding carboxylic acids is 2. The minimum Gasteiger partial charge on any atom is -0.351 e. The fourth-order valence-electron chi connectivity index (χ4n) is 1.45. The van der Waals surface area contributed by atoms with Gasteiger partial charge in [0.15, 0.2) is 0 Å². The van der Waals surface area contributed by atoms with E-state index in [4.69, 9.17) is 0 Å². The van der Waals surface area contributed by atoms with Gasteiger partial charge in [0.25, 0.3) is 0 Å². The second-order valence-corrected chi connectivity index (χ2v) is 3.79. The largest absolute Gasteiger partial charge is 0.351 e. The van der Waals surface area contributed by atoms with Gasteiger partial charge in [-0.05, 0) is 12.1 Å². The lowest BCUT2D eigenvalue weighted by Gasteiger charge is -2.21. The monoisotopic (exact) mass is 268 g/mol. The van der Waals surface area contributed by atoms with Gasteiger partial charge < -0.3 is 10.2 Å². The van der Waals surface area contributed by atoms with E-state index in [1.807, 2.05) is 0 Å². The second-order valence-electron chi connectivity index (χ2n) is 3.79. The zero-order valence-electron chi connectivity index (χ0n) is 10.5. The number of halogens is 2. The summed E-state index contributed by atoms with van der Waals surface area (Å²) in [6.07, 6.45) is 1.48. The molecule has 0 fully saturated rings. The molecule has 0 saturated heterocycles. The van der Waals surface area contributed by atoms with Crippen molar-refractivity contribution in [3.63, 3.8) is 0 Å². The number of amides is 2. The van der Waals surface area contributed by atoms with Gasteiger partial charge in [-0.15, -0.1) is 6.58 Å². The number of benzene rings is 1. The highest BCUT2D eigenvalue weighted by Gasteiger charge is 2.19. The first-order chi connectivity index (χ1) is 8.95. The molecule has 6 heteroatoms. The molecule has 2 amide bonds. The Hall–Kier alpha value is -2.24. The molecule has 4 nitrogen and oxygen atoms in total. The minimum absolute atomic E-state index is 0.136. The molecule has 0 spiro atoms. The predicted molar refractivity (Wildman–Crippen MR) is 67.6 cm³/mol. The lowest BCUT2D eigenvalue weighted by Crippen LogP contribution is -2.40. The van der Waals surface area contributed by atoms with Crippen LogP contribution in [0, 0.1) is 11.6 Å². The number of hydrogen-bond donors (Lipinski definition) is 1. The van der Waals surface area contributed by atoms with E-state index in [-0.39, 0.29) is 18.8 Å². The van der Waals surface area contributed by atoms with E-state index < -0.39 is 23.4 Å². The van der Waals surface area contributed by atoms with Gasteiger partial charge in [-0.25, -0.2) is 8.78 Å². The van der Waals surface area contributed by atoms with Crippen LogP contribution in [0.4, 0.5) is 14.5 Å². The molecule has 1 aromatic carbocycles. The van der Waals surface area contributed by atoms with Crippen molar-refractivity contribution in [1.82, 2.24) is 5.32 Å². The highest BCUT2D eigenvalue weighted by Crippen LogP contribution is 2.20. The quantitative estimate of drug-likeness (QED) is 0.825. The Kier molecular flexibility index (Phi) is 5.17. The lowest BCUT2D eigenvalue weighted by atomic mass is 10.2. The summed E-state index contributed by atoms with van der Waals surface area (Å²) in [4.78, 5) is 23.9. The maximum absolute atomic E-state index is 13.6. The first-order valence-electron chi connectivity index (χ1n) is 5.56. The summed E-state index contributed by atoms with van der Waals surface area (Å²) in [5, 5.41) is 2.47. The molecule has 0 aliphatic carbocycles. The van der Waals surface area contributed by atoms with Crippen LogP contribution in [0.2, 0.25) is 0 Å². The van der Waals surface area contributed by atoms with Crippen LogP contribution in [0.5, 0.6) is 0 Å². The van der Waals surface area contributed by atoms with Crippen LogP contribution in [0.15, 0.2) is 30.9 Å². The van der Waals surface area contributed by atoms with Crippen LogP contribution in [0.3, 0.4) is 0 Å². The molecule has 0 radical (unpaired) electrons. The Morgan fingerprint density at radius 1 is 1.42 bits per heavy atom. The van der Waals surface area contributed by atoms with Gasteiger partial charge >= 0.3 is 0 Å². The second kappa shape index (κ2) is 6.63. The Morgan fingerprint density at radius 3 is 2.63 bits per heavy atom. The highest BCUT2D eigenvalue weighted by molar-refractivity contribution is 5.97. The number of carbonyl (C=O) groups is 2. The number of anilines is 1. The van der Waals surface area contributed by atoms with E-state index >= 15 is 0 Å². The van der Waals surface area contributed by atoms with Crippen molar-refractivity contribution >= 4 is 17.5 Å². The molecule has 0 unspecified atom stereocenters. The van der Waals surface area contributed by atoms with Crippen LogP contribution >= 0.6 is 0 Å². The molecule has 0 bridgehead atoms. The first-order valence-corrected chi connectivity index (χ1v) is 5.56. The van der Waals surface area contributed by atoms with E-state index in [9.17, 15) is 18.4 Å². The number of nitrogens with one attached hydrogen (secondary N) is 1. The molecule has 1 aromatic rings. The molecule has 1 N–H and O–H groups in total. The molecular formula is C13H14F2N2O2. The van der Waals surface area contributed by atoms with E-state index in [0.717, 1.165) is 17.0 Å². The summed E-state index contributed by atoms with van der Waals surface area (Å²) >= 11 is 0. The summed E-state index contributed by atoms with van der Waals surface area (Å²) in [6.45, 7) is 4.53. The Labute approximate surface area is 109 Å². The van der Waals surface area contributed by atoms with Crippen molar-refractivity contribution in [2.24, 2.45) is 0 Å². The van der Waals surface area contributed by atoms with Crippen molar-refractivity contribution in [3.05, 3.63) is 42.5 Å². The summed E-state index contributed by atoms with van der Waals surface area (Å²) < 4.78 is 26.4. The minimum atomic E-state index is -0.897. The predicted octanol–water partition coefficient (Wildman–Crippen LogP) is 1.62. The number of nitrogens with zero attached hydrogens (tertiary/aromatic N) is 1. The smallest absolute Gasteiger partial charge is 0.240 e. The topological polar surface area (TPSA) is 49.4 Å². The zero-order valence-corrected chi connectivity index (χ0v) is 10.5. The molecule has 0 saturated carbocycles. The van der Waals surface area contributed by atoms with E-state index in [1.54, 1.807) is 0 Å². The lowest BCUT2D eigenvalue weighted by molar-refractivity contribution is -0.122. The van der Waals surface area contributed by atoms with Gasteiger partial charge in [0.05, 0.1) is 5.69 Å². The molecule has 0 heterocycles. The van der Waals surface area contributed by atoms with Crippen LogP contribution in [-0.2, 0) is 9.59 Å². The average Bonchev–Trinajstić information content (AvgIpc) is 2.34. The van der Waals surface area contributed by atoms with E-state index in [1.165, 1.54) is 13.0 Å². The molecular weight excluding hydrogens is 254 g/mol. The van der Waals surface area contributed by atoms with Gasteiger partial charge in [-0.3, -0.25) is 9.59 Å². The SMILES string of the molecule is C=CCNC(=O)CN(C(C)=O)c1ccc(F)cc1F. The summed E-state index contributed by atoms with van der Waals surface area (Å²) in [5.41, 5.74) is -0.136. The first kappa shape index (κ1) is 14.8. The standard InChI is InChI=1S/C13H14F2N2O2/c1-3-6-16-13(19)8-17(9(2)18)12-5-4-10(14)7-11(12)15/h3-5,7H,1,6,8H2,2H3,(H,16,19). The molecule has 0 aliphatic rings. The summed E-state index contributed by atoms with van der Waals surface area (Å²) in [6, 6.07) is 2.80. The Morgan fingerprint density at radius 2 is 2.11 bits per heavy atom. The Balaban J connectivity index is 2.91. The normalized spacial score (nSPS) is 9.84. The zero-order chi connectivity index (χ0) is 14.4. The molecule has 0 aromatic heterocycles. The maximum atomic E-state index is 13.6. The van der Waals surface area contributed by atoms with Crippen molar-refractivity contribution < 1.29 is 18.4 Å². The average molecular weight is 268 g/mol. The number of rotatable bonds is 5. The van der Waals surface area contributed by atoms with Gasteiger partial charge in [0, 0.05) is 19.5 Å². The van der Waals surface area contributed by atoms with E-state index in [0.29, 0.717) is 6.07 Å². The number of hydrogen-bond acceptors (Lipinski definition) is 2. The van der Waals surface area contributed by atoms with Gasteiger partial charge in [0.1, 0.15) is 18.2 Å². The third kappa shape index (κ3) is 4.17. The third-order valence-corrected chi connectivity index (χ3v) is 2.33. The molecule has 1 rings (SSSR count). The molecule has 102 valence electrons. The highest BCUT2D eigenvalue weighted by atomic mass is 19.1. The molecule has 0 aliphatic heterocycles. The molecule has 19 heavy (non-hydrogen) atoms. The van der Waals surface area contributed by atoms with Crippen molar-refractivity contribution in [3.8, 4) is 0 Å². The van der Waals surface area contributed by atoms with Crippen LogP contribution in [0.1, 0.15) is 6.92 Å².